The molecule has 0 aliphatic heterocycles. The van der Waals surface area contributed by atoms with Crippen LogP contribution in [0.15, 0.2) is 48.1 Å². The lowest BCUT2D eigenvalue weighted by Gasteiger charge is -2.12. The molecule has 0 radical (unpaired) electrons. The molecule has 3 aromatic heterocycles. The lowest BCUT2D eigenvalue weighted by Crippen LogP contribution is -2.26. The van der Waals surface area contributed by atoms with Crippen molar-refractivity contribution >= 4 is 50.4 Å². The van der Waals surface area contributed by atoms with Gasteiger partial charge in [0, 0.05) is 37.6 Å². The van der Waals surface area contributed by atoms with Crippen molar-refractivity contribution in [2.75, 3.05) is 24.7 Å². The molecule has 3 heterocycles. The van der Waals surface area contributed by atoms with Crippen LogP contribution >= 0.6 is 11.3 Å². The van der Waals surface area contributed by atoms with Gasteiger partial charge in [0.25, 0.3) is 5.91 Å². The number of nitrogens with zero attached hydrogens (tertiary/aromatic N) is 5. The number of hydrogen-bond acceptors (Lipinski definition) is 8. The lowest BCUT2D eigenvalue weighted by molar-refractivity contribution is -0.129. The number of carbonyl (C=O) groups excluding carboxylic acids is 2. The molecule has 0 unspecified atom stereocenters. The van der Waals surface area contributed by atoms with E-state index in [1.165, 1.54) is 19.7 Å². The van der Waals surface area contributed by atoms with Crippen LogP contribution < -0.4 is 16.4 Å². The number of primary amides is 1. The SMILES string of the molecule is CN(C)C(=O)Cn1cc(Nc2cc(NCc3cccc4ccsc34)c(C(N)=O)nn2)cn1. The maximum Gasteiger partial charge on any atom is 0.271 e. The number of amides is 2. The second-order valence-corrected chi connectivity index (χ2v) is 8.22. The van der Waals surface area contributed by atoms with Crippen LogP contribution in [0.1, 0.15) is 16.1 Å². The molecule has 1 aromatic carbocycles. The number of hydrogen-bond donors (Lipinski definition) is 3. The summed E-state index contributed by atoms with van der Waals surface area (Å²) in [5, 5.41) is 21.8. The highest BCUT2D eigenvalue weighted by molar-refractivity contribution is 7.17. The Kier molecular flexibility index (Phi) is 5.99. The topological polar surface area (TPSA) is 131 Å². The molecule has 11 heteroatoms. The van der Waals surface area contributed by atoms with Crippen molar-refractivity contribution in [3.63, 3.8) is 0 Å². The Bertz CT molecular complexity index is 1280. The van der Waals surface area contributed by atoms with Gasteiger partial charge >= 0.3 is 0 Å². The van der Waals surface area contributed by atoms with Gasteiger partial charge < -0.3 is 21.3 Å². The number of benzene rings is 1. The van der Waals surface area contributed by atoms with Gasteiger partial charge in [-0.05, 0) is 22.4 Å². The number of aromatic nitrogens is 4. The van der Waals surface area contributed by atoms with Gasteiger partial charge in [0.15, 0.2) is 11.5 Å². The molecule has 2 amide bonds. The van der Waals surface area contributed by atoms with Crippen LogP contribution in [0.25, 0.3) is 10.1 Å². The highest BCUT2D eigenvalue weighted by Gasteiger charge is 2.14. The van der Waals surface area contributed by atoms with Crippen LogP contribution in [-0.2, 0) is 17.9 Å². The van der Waals surface area contributed by atoms with Crippen LogP contribution in [0.3, 0.4) is 0 Å². The molecule has 0 aliphatic carbocycles. The highest BCUT2D eigenvalue weighted by Crippen LogP contribution is 2.26. The van der Waals surface area contributed by atoms with Gasteiger partial charge in [-0.25, -0.2) is 0 Å². The summed E-state index contributed by atoms with van der Waals surface area (Å²) < 4.78 is 2.71. The second-order valence-electron chi connectivity index (χ2n) is 7.31. The molecular formula is C21H22N8O2S. The largest absolute Gasteiger partial charge is 0.379 e. The van der Waals surface area contributed by atoms with Crippen molar-refractivity contribution in [2.24, 2.45) is 5.73 Å². The summed E-state index contributed by atoms with van der Waals surface area (Å²) in [5.41, 5.74) is 7.75. The van der Waals surface area contributed by atoms with E-state index >= 15 is 0 Å². The quantitative estimate of drug-likeness (QED) is 0.376. The Balaban J connectivity index is 1.52. The number of nitrogens with one attached hydrogen (secondary N) is 2. The number of nitrogens with two attached hydrogens (primary N) is 1. The minimum Gasteiger partial charge on any atom is -0.379 e. The standard InChI is InChI=1S/C21H22N8O2S/c1-28(2)18(30)12-29-11-15(10-24-29)25-17-8-16(19(21(22)31)27-26-17)23-9-14-5-3-4-13-6-7-32-20(13)14/h3-8,10-11H,9,12H2,1-2H3,(H2,22,31)(H2,23,25,26). The maximum absolute atomic E-state index is 11.9. The van der Waals surface area contributed by atoms with Gasteiger partial charge in [0.05, 0.1) is 17.6 Å². The molecule has 0 atom stereocenters. The Morgan fingerprint density at radius 2 is 2.06 bits per heavy atom. The van der Waals surface area contributed by atoms with Gasteiger partial charge in [0.2, 0.25) is 5.91 Å². The zero-order chi connectivity index (χ0) is 22.7. The minimum atomic E-state index is -0.670. The molecule has 164 valence electrons. The minimum absolute atomic E-state index is 0.0566. The summed E-state index contributed by atoms with van der Waals surface area (Å²) in [6.07, 6.45) is 3.27. The monoisotopic (exact) mass is 450 g/mol. The van der Waals surface area contributed by atoms with Crippen LogP contribution in [0, 0.1) is 0 Å². The first-order valence-corrected chi connectivity index (χ1v) is 10.6. The Morgan fingerprint density at radius 3 is 2.84 bits per heavy atom. The second kappa shape index (κ2) is 9.02. The molecule has 0 aliphatic rings. The zero-order valence-corrected chi connectivity index (χ0v) is 18.4. The zero-order valence-electron chi connectivity index (χ0n) is 17.6. The van der Waals surface area contributed by atoms with Gasteiger partial charge in [-0.2, -0.15) is 5.10 Å². The van der Waals surface area contributed by atoms with E-state index in [1.807, 2.05) is 17.5 Å². The molecular weight excluding hydrogens is 428 g/mol. The molecule has 10 nitrogen and oxygen atoms in total. The average Bonchev–Trinajstić information content (AvgIpc) is 3.41. The normalized spacial score (nSPS) is 10.8. The summed E-state index contributed by atoms with van der Waals surface area (Å²) in [6, 6.07) is 9.83. The van der Waals surface area contributed by atoms with Crippen molar-refractivity contribution in [1.82, 2.24) is 24.9 Å². The summed E-state index contributed by atoms with van der Waals surface area (Å²) in [6.45, 7) is 0.621. The summed E-state index contributed by atoms with van der Waals surface area (Å²) in [5.74, 6) is -0.335. The lowest BCUT2D eigenvalue weighted by atomic mass is 10.1. The van der Waals surface area contributed by atoms with E-state index in [4.69, 9.17) is 5.73 Å². The Labute approximate surface area is 188 Å². The number of thiophene rings is 1. The summed E-state index contributed by atoms with van der Waals surface area (Å²) in [7, 11) is 3.38. The average molecular weight is 451 g/mol. The summed E-state index contributed by atoms with van der Waals surface area (Å²) in [4.78, 5) is 25.2. The number of carbonyl (C=O) groups is 2. The predicted molar refractivity (Wildman–Crippen MR) is 124 cm³/mol. The van der Waals surface area contributed by atoms with E-state index in [0.717, 1.165) is 5.56 Å². The van der Waals surface area contributed by atoms with Crippen molar-refractivity contribution in [1.29, 1.82) is 0 Å². The van der Waals surface area contributed by atoms with Gasteiger partial charge in [0.1, 0.15) is 6.54 Å². The van der Waals surface area contributed by atoms with Gasteiger partial charge in [-0.3, -0.25) is 14.3 Å². The first-order chi connectivity index (χ1) is 15.4. The number of rotatable bonds is 8. The van der Waals surface area contributed by atoms with E-state index in [-0.39, 0.29) is 18.1 Å². The molecule has 4 N–H and O–H groups in total. The maximum atomic E-state index is 11.9. The molecule has 0 saturated heterocycles. The van der Waals surface area contributed by atoms with Gasteiger partial charge in [-0.15, -0.1) is 21.5 Å². The fraction of sp³-hybridized carbons (Fsp3) is 0.190. The smallest absolute Gasteiger partial charge is 0.271 e. The van der Waals surface area contributed by atoms with E-state index < -0.39 is 5.91 Å². The van der Waals surface area contributed by atoms with E-state index in [0.29, 0.717) is 23.7 Å². The van der Waals surface area contributed by atoms with E-state index in [1.54, 1.807) is 43.9 Å². The number of anilines is 3. The van der Waals surface area contributed by atoms with E-state index in [9.17, 15) is 9.59 Å². The predicted octanol–water partition coefficient (Wildman–Crippen LogP) is 2.43. The first kappa shape index (κ1) is 21.2. The van der Waals surface area contributed by atoms with Crippen LogP contribution in [0.4, 0.5) is 17.2 Å². The van der Waals surface area contributed by atoms with E-state index in [2.05, 4.69) is 38.1 Å². The molecule has 0 bridgehead atoms. The van der Waals surface area contributed by atoms with Crippen molar-refractivity contribution < 1.29 is 9.59 Å². The Morgan fingerprint density at radius 1 is 1.22 bits per heavy atom. The molecule has 0 fully saturated rings. The molecule has 4 aromatic rings. The molecule has 0 spiro atoms. The fourth-order valence-electron chi connectivity index (χ4n) is 3.10. The third-order valence-corrected chi connectivity index (χ3v) is 5.76. The van der Waals surface area contributed by atoms with Crippen LogP contribution in [-0.4, -0.2) is 50.8 Å². The van der Waals surface area contributed by atoms with Crippen molar-refractivity contribution in [2.45, 2.75) is 13.1 Å². The molecule has 0 saturated carbocycles. The molecule has 32 heavy (non-hydrogen) atoms. The first-order valence-electron chi connectivity index (χ1n) is 9.77. The van der Waals surface area contributed by atoms with Crippen molar-refractivity contribution in [3.8, 4) is 0 Å². The fourth-order valence-corrected chi connectivity index (χ4v) is 4.01. The molecule has 4 rings (SSSR count). The Hall–Kier alpha value is -3.99. The number of likely N-dealkylation sites (N-methyl/N-ethyl adjacent to an activating group) is 1. The van der Waals surface area contributed by atoms with Crippen LogP contribution in [0.2, 0.25) is 0 Å². The van der Waals surface area contributed by atoms with Crippen LogP contribution in [0.5, 0.6) is 0 Å². The highest BCUT2D eigenvalue weighted by atomic mass is 32.1. The van der Waals surface area contributed by atoms with Crippen molar-refractivity contribution in [3.05, 3.63) is 59.4 Å². The third kappa shape index (κ3) is 4.67. The van der Waals surface area contributed by atoms with Gasteiger partial charge in [-0.1, -0.05) is 18.2 Å². The summed E-state index contributed by atoms with van der Waals surface area (Å²) >= 11 is 1.66. The number of fused-ring (bicyclic) bond motifs is 1. The third-order valence-electron chi connectivity index (χ3n) is 4.76.